The zero-order valence-corrected chi connectivity index (χ0v) is 19.0. The van der Waals surface area contributed by atoms with Gasteiger partial charge in [0.05, 0.1) is 18.8 Å². The molecule has 0 aromatic carbocycles. The minimum atomic E-state index is 0. The van der Waals surface area contributed by atoms with Crippen molar-refractivity contribution in [3.8, 4) is 0 Å². The van der Waals surface area contributed by atoms with Crippen LogP contribution in [-0.2, 0) is 39.4 Å². The molecule has 150 valence electrons. The highest BCUT2D eigenvalue weighted by atomic mass is 127. The lowest BCUT2D eigenvalue weighted by Gasteiger charge is -2.25. The summed E-state index contributed by atoms with van der Waals surface area (Å²) in [7, 11) is 2.02. The van der Waals surface area contributed by atoms with E-state index in [0.29, 0.717) is 12.6 Å². The maximum absolute atomic E-state index is 4.85. The fraction of sp³-hybridized carbons (Fsp3) is 0.667. The molecule has 0 saturated heterocycles. The Hall–Kier alpha value is -1.65. The van der Waals surface area contributed by atoms with Crippen molar-refractivity contribution in [1.82, 2.24) is 35.2 Å². The van der Waals surface area contributed by atoms with Crippen molar-refractivity contribution in [3.63, 3.8) is 0 Å². The van der Waals surface area contributed by atoms with Crippen molar-refractivity contribution >= 4 is 29.9 Å². The lowest BCUT2D eigenvalue weighted by molar-refractivity contribution is 0.392. The molecule has 0 aliphatic carbocycles. The van der Waals surface area contributed by atoms with Crippen LogP contribution in [0.1, 0.15) is 50.0 Å². The lowest BCUT2D eigenvalue weighted by Crippen LogP contribution is -2.47. The molecule has 0 spiro atoms. The predicted octanol–water partition coefficient (Wildman–Crippen LogP) is 1.82. The fourth-order valence-electron chi connectivity index (χ4n) is 3.60. The topological polar surface area (TPSA) is 84.9 Å². The molecule has 1 aliphatic rings. The molecule has 2 aromatic rings. The maximum Gasteiger partial charge on any atom is 0.191 e. The molecule has 0 amide bonds. The summed E-state index contributed by atoms with van der Waals surface area (Å²) in [6.07, 6.45) is 5.52. The Morgan fingerprint density at radius 3 is 2.81 bits per heavy atom. The molecule has 1 aliphatic heterocycles. The van der Waals surface area contributed by atoms with E-state index >= 15 is 0 Å². The zero-order valence-electron chi connectivity index (χ0n) is 16.7. The summed E-state index contributed by atoms with van der Waals surface area (Å²) < 4.78 is 3.98. The summed E-state index contributed by atoms with van der Waals surface area (Å²) in [5.74, 6) is 1.93. The molecule has 0 radical (unpaired) electrons. The maximum atomic E-state index is 4.85. The number of aromatic nitrogens is 5. The van der Waals surface area contributed by atoms with Crippen LogP contribution in [0.2, 0.25) is 0 Å². The highest BCUT2D eigenvalue weighted by Crippen LogP contribution is 2.17. The second kappa shape index (κ2) is 10.0. The normalized spacial score (nSPS) is 16.6. The van der Waals surface area contributed by atoms with Gasteiger partial charge >= 0.3 is 0 Å². The van der Waals surface area contributed by atoms with E-state index in [1.165, 1.54) is 11.3 Å². The van der Waals surface area contributed by atoms with E-state index < -0.39 is 0 Å². The van der Waals surface area contributed by atoms with Gasteiger partial charge < -0.3 is 10.6 Å². The van der Waals surface area contributed by atoms with Gasteiger partial charge in [0.15, 0.2) is 5.96 Å². The van der Waals surface area contributed by atoms with Crippen molar-refractivity contribution in [1.29, 1.82) is 0 Å². The Labute approximate surface area is 178 Å². The van der Waals surface area contributed by atoms with Gasteiger partial charge in [-0.2, -0.15) is 10.2 Å². The molecule has 1 unspecified atom stereocenters. The minimum absolute atomic E-state index is 0. The largest absolute Gasteiger partial charge is 0.357 e. The molecule has 3 rings (SSSR count). The van der Waals surface area contributed by atoms with E-state index in [1.54, 1.807) is 6.33 Å². The Bertz CT molecular complexity index is 763. The van der Waals surface area contributed by atoms with E-state index in [0.717, 1.165) is 56.3 Å². The Kier molecular flexibility index (Phi) is 8.06. The molecule has 2 aromatic heterocycles. The first-order valence-corrected chi connectivity index (χ1v) is 9.61. The van der Waals surface area contributed by atoms with Crippen molar-refractivity contribution in [2.24, 2.45) is 12.0 Å². The number of fused-ring (bicyclic) bond motifs is 1. The summed E-state index contributed by atoms with van der Waals surface area (Å²) in [6, 6.07) is 0.312. The van der Waals surface area contributed by atoms with Gasteiger partial charge in [0, 0.05) is 37.3 Å². The minimum Gasteiger partial charge on any atom is -0.357 e. The number of aryl methyl sites for hydroxylation is 3. The van der Waals surface area contributed by atoms with Crippen LogP contribution < -0.4 is 10.6 Å². The molecule has 1 atom stereocenters. The predicted molar refractivity (Wildman–Crippen MR) is 117 cm³/mol. The van der Waals surface area contributed by atoms with E-state index in [4.69, 9.17) is 4.99 Å². The molecule has 0 saturated carbocycles. The number of rotatable bonds is 6. The third kappa shape index (κ3) is 4.99. The van der Waals surface area contributed by atoms with Crippen LogP contribution in [0.5, 0.6) is 0 Å². The van der Waals surface area contributed by atoms with Gasteiger partial charge in [-0.25, -0.2) is 14.7 Å². The van der Waals surface area contributed by atoms with Crippen LogP contribution in [0.4, 0.5) is 0 Å². The lowest BCUT2D eigenvalue weighted by atomic mass is 10.1. The van der Waals surface area contributed by atoms with Crippen molar-refractivity contribution in [3.05, 3.63) is 29.1 Å². The second-order valence-electron chi connectivity index (χ2n) is 6.64. The smallest absolute Gasteiger partial charge is 0.191 e. The molecule has 8 nitrogen and oxygen atoms in total. The monoisotopic (exact) mass is 486 g/mol. The van der Waals surface area contributed by atoms with Crippen LogP contribution >= 0.6 is 24.0 Å². The van der Waals surface area contributed by atoms with Crippen LogP contribution in [-0.4, -0.2) is 43.1 Å². The number of nitrogens with one attached hydrogen (secondary N) is 2. The summed E-state index contributed by atoms with van der Waals surface area (Å²) >= 11 is 0. The fourth-order valence-corrected chi connectivity index (χ4v) is 3.60. The number of hydrogen-bond acceptors (Lipinski definition) is 4. The molecular formula is C18H31IN8. The van der Waals surface area contributed by atoms with Gasteiger partial charge in [-0.05, 0) is 26.2 Å². The standard InChI is InChI=1S/C18H30N8.HI/c1-5-15-14(16(6-2)25(4)24-15)10-20-18(19-7-3)23-13-8-9-17-21-12-22-26(17)11-13;/h12-13H,5-11H2,1-4H3,(H2,19,20,23);1H. The first-order chi connectivity index (χ1) is 12.7. The Balaban J connectivity index is 0.00000261. The number of aliphatic imine (C=N–C) groups is 1. The number of guanidine groups is 1. The van der Waals surface area contributed by atoms with Crippen LogP contribution in [0.3, 0.4) is 0 Å². The van der Waals surface area contributed by atoms with Crippen LogP contribution in [0.15, 0.2) is 11.3 Å². The average Bonchev–Trinajstić information content (AvgIpc) is 3.22. The molecule has 9 heteroatoms. The van der Waals surface area contributed by atoms with Crippen LogP contribution in [0, 0.1) is 0 Å². The first kappa shape index (κ1) is 21.6. The number of hydrogen-bond donors (Lipinski definition) is 2. The third-order valence-corrected chi connectivity index (χ3v) is 4.91. The number of halogens is 1. The molecular weight excluding hydrogens is 455 g/mol. The quantitative estimate of drug-likeness (QED) is 0.370. The highest BCUT2D eigenvalue weighted by Gasteiger charge is 2.21. The molecule has 2 N–H and O–H groups in total. The summed E-state index contributed by atoms with van der Waals surface area (Å²) in [5.41, 5.74) is 3.68. The van der Waals surface area contributed by atoms with E-state index in [1.807, 2.05) is 16.4 Å². The first-order valence-electron chi connectivity index (χ1n) is 9.61. The average molecular weight is 486 g/mol. The Morgan fingerprint density at radius 2 is 2.11 bits per heavy atom. The van der Waals surface area contributed by atoms with Crippen molar-refractivity contribution in [2.45, 2.75) is 65.6 Å². The molecule has 0 fully saturated rings. The SMILES string of the molecule is CCNC(=NCc1c(CC)nn(C)c1CC)NC1CCc2ncnn2C1.I. The van der Waals surface area contributed by atoms with Gasteiger partial charge in [0.25, 0.3) is 0 Å². The van der Waals surface area contributed by atoms with Gasteiger partial charge in [-0.1, -0.05) is 13.8 Å². The third-order valence-electron chi connectivity index (χ3n) is 4.91. The van der Waals surface area contributed by atoms with Gasteiger partial charge in [0.2, 0.25) is 0 Å². The van der Waals surface area contributed by atoms with E-state index in [9.17, 15) is 0 Å². The molecule has 3 heterocycles. The Morgan fingerprint density at radius 1 is 1.30 bits per heavy atom. The van der Waals surface area contributed by atoms with E-state index in [-0.39, 0.29) is 24.0 Å². The molecule has 0 bridgehead atoms. The highest BCUT2D eigenvalue weighted by molar-refractivity contribution is 14.0. The van der Waals surface area contributed by atoms with Crippen molar-refractivity contribution < 1.29 is 0 Å². The van der Waals surface area contributed by atoms with E-state index in [2.05, 4.69) is 46.6 Å². The second-order valence-corrected chi connectivity index (χ2v) is 6.64. The summed E-state index contributed by atoms with van der Waals surface area (Å²) in [5, 5.41) is 15.9. The number of nitrogens with zero attached hydrogens (tertiary/aromatic N) is 6. The molecule has 27 heavy (non-hydrogen) atoms. The summed E-state index contributed by atoms with van der Waals surface area (Å²) in [6.45, 7) is 8.72. The van der Waals surface area contributed by atoms with Crippen LogP contribution in [0.25, 0.3) is 0 Å². The van der Waals surface area contributed by atoms with Crippen molar-refractivity contribution in [2.75, 3.05) is 6.54 Å². The van der Waals surface area contributed by atoms with Gasteiger partial charge in [-0.15, -0.1) is 24.0 Å². The summed E-state index contributed by atoms with van der Waals surface area (Å²) in [4.78, 5) is 9.14. The zero-order chi connectivity index (χ0) is 18.5. The van der Waals surface area contributed by atoms with Gasteiger partial charge in [0.1, 0.15) is 12.2 Å². The van der Waals surface area contributed by atoms with Gasteiger partial charge in [-0.3, -0.25) is 4.68 Å².